The molecular weight excluding hydrogens is 170 g/mol. The summed E-state index contributed by atoms with van der Waals surface area (Å²) in [4.78, 5) is 0. The Morgan fingerprint density at radius 3 is 2.00 bits per heavy atom. The zero-order valence-corrected chi connectivity index (χ0v) is 7.63. The van der Waals surface area contributed by atoms with E-state index in [1.807, 2.05) is 0 Å². The molecule has 0 rings (SSSR count). The Labute approximate surface area is 66.6 Å². The monoisotopic (exact) mass is 183 g/mol. The Morgan fingerprint density at radius 1 is 1.55 bits per heavy atom. The third-order valence-electron chi connectivity index (χ3n) is 1.50. The Kier molecular flexibility index (Phi) is 3.01. The second kappa shape index (κ2) is 3.06. The highest BCUT2D eigenvalue weighted by molar-refractivity contribution is 7.85. The van der Waals surface area contributed by atoms with Crippen LogP contribution in [-0.4, -0.2) is 48.8 Å². The largest absolute Gasteiger partial charge is 0.744 e. The highest BCUT2D eigenvalue weighted by Crippen LogP contribution is 2.04. The smallest absolute Gasteiger partial charge is 0.187 e. The van der Waals surface area contributed by atoms with Crippen LogP contribution in [0.1, 0.15) is 6.92 Å². The van der Waals surface area contributed by atoms with Gasteiger partial charge in [-0.25, -0.2) is 8.42 Å². The van der Waals surface area contributed by atoms with Gasteiger partial charge in [0.1, 0.15) is 10.1 Å². The minimum Gasteiger partial charge on any atom is -0.744 e. The lowest BCUT2D eigenvalue weighted by Gasteiger charge is -2.32. The van der Waals surface area contributed by atoms with Gasteiger partial charge >= 0.3 is 0 Å². The average molecular weight is 183 g/mol. The van der Waals surface area contributed by atoms with Crippen molar-refractivity contribution in [2.75, 3.05) is 20.0 Å². The number of hydrogen-bond donors (Lipinski definition) is 1. The first kappa shape index (κ1) is 10.8. The Bertz CT molecular complexity index is 219. The molecule has 68 valence electrons. The second-order valence-corrected chi connectivity index (χ2v) is 4.47. The van der Waals surface area contributed by atoms with Crippen LogP contribution in [0.15, 0.2) is 0 Å². The van der Waals surface area contributed by atoms with Crippen LogP contribution in [0.5, 0.6) is 0 Å². The van der Waals surface area contributed by atoms with E-state index in [4.69, 9.17) is 5.11 Å². The van der Waals surface area contributed by atoms with Gasteiger partial charge in [-0.1, -0.05) is 0 Å². The lowest BCUT2D eigenvalue weighted by atomic mass is 10.5. The summed E-state index contributed by atoms with van der Waals surface area (Å²) in [5, 5.41) is 9.01. The van der Waals surface area contributed by atoms with Crippen LogP contribution in [0.25, 0.3) is 0 Å². The number of hydrogen-bond acceptors (Lipinski definition) is 4. The zero-order chi connectivity index (χ0) is 9.28. The maximum Gasteiger partial charge on any atom is 0.187 e. The van der Waals surface area contributed by atoms with E-state index >= 15 is 0 Å². The fourth-order valence-electron chi connectivity index (χ4n) is 0.515. The van der Waals surface area contributed by atoms with Crippen LogP contribution in [0.3, 0.4) is 0 Å². The topological polar surface area (TPSA) is 77.4 Å². The van der Waals surface area contributed by atoms with Crippen LogP contribution in [0.2, 0.25) is 0 Å². The third-order valence-corrected chi connectivity index (χ3v) is 2.48. The van der Waals surface area contributed by atoms with Crippen LogP contribution < -0.4 is 0 Å². The van der Waals surface area contributed by atoms with E-state index in [0.717, 1.165) is 0 Å². The molecule has 0 aliphatic carbocycles. The Hall–Kier alpha value is -0.170. The summed E-state index contributed by atoms with van der Waals surface area (Å²) in [6, 6.07) is 0. The van der Waals surface area contributed by atoms with Crippen molar-refractivity contribution in [1.29, 1.82) is 0 Å². The van der Waals surface area contributed by atoms with Gasteiger partial charge < -0.3 is 9.66 Å². The van der Waals surface area contributed by atoms with Crippen molar-refractivity contribution in [3.63, 3.8) is 0 Å². The molecule has 0 aliphatic heterocycles. The molecule has 0 aromatic carbocycles. The maximum absolute atomic E-state index is 10.3. The van der Waals surface area contributed by atoms with E-state index in [9.17, 15) is 13.0 Å². The molecule has 1 unspecified atom stereocenters. The van der Waals surface area contributed by atoms with Crippen LogP contribution in [-0.2, 0) is 10.1 Å². The van der Waals surface area contributed by atoms with Crippen molar-refractivity contribution in [2.24, 2.45) is 0 Å². The van der Waals surface area contributed by atoms with Crippen LogP contribution in [0.4, 0.5) is 0 Å². The van der Waals surface area contributed by atoms with Crippen LogP contribution >= 0.6 is 0 Å². The summed E-state index contributed by atoms with van der Waals surface area (Å²) < 4.78 is 30.6. The molecule has 0 aromatic heterocycles. The quantitative estimate of drug-likeness (QED) is 0.342. The molecule has 0 fully saturated rings. The molecule has 1 atom stereocenters. The van der Waals surface area contributed by atoms with Gasteiger partial charge in [0.05, 0.1) is 14.1 Å². The lowest BCUT2D eigenvalue weighted by Crippen LogP contribution is -2.50. The first-order chi connectivity index (χ1) is 4.65. The maximum atomic E-state index is 10.3. The van der Waals surface area contributed by atoms with Crippen molar-refractivity contribution in [1.82, 2.24) is 0 Å². The molecule has 0 radical (unpaired) electrons. The molecule has 0 aliphatic rings. The van der Waals surface area contributed by atoms with Gasteiger partial charge in [-0.2, -0.15) is 0 Å². The number of rotatable bonds is 3. The van der Waals surface area contributed by atoms with Gasteiger partial charge in [0.15, 0.2) is 12.1 Å². The molecule has 11 heavy (non-hydrogen) atoms. The molecule has 5 nitrogen and oxygen atoms in total. The molecule has 0 saturated carbocycles. The summed E-state index contributed by atoms with van der Waals surface area (Å²) in [6.07, 6.45) is -0.862. The van der Waals surface area contributed by atoms with Gasteiger partial charge in [-0.15, -0.1) is 0 Å². The number of aliphatic hydroxyl groups excluding tert-OH is 1. The van der Waals surface area contributed by atoms with Gasteiger partial charge in [-0.05, 0) is 0 Å². The number of quaternary nitrogens is 1. The van der Waals surface area contributed by atoms with E-state index in [0.29, 0.717) is 0 Å². The summed E-state index contributed by atoms with van der Waals surface area (Å²) in [5.41, 5.74) is 0. The van der Waals surface area contributed by atoms with Crippen molar-refractivity contribution in [3.8, 4) is 0 Å². The zero-order valence-electron chi connectivity index (χ0n) is 6.81. The summed E-state index contributed by atoms with van der Waals surface area (Å²) in [5.74, 6) is -0.593. The first-order valence-electron chi connectivity index (χ1n) is 3.09. The van der Waals surface area contributed by atoms with E-state index in [1.54, 1.807) is 0 Å². The highest BCUT2D eigenvalue weighted by Gasteiger charge is 2.23. The standard InChI is InChI=1S/C5H13NO4S/c1-5(7)6(2,3)4-11(8,9)10/h5,7H,4H2,1-3H3. The first-order valence-corrected chi connectivity index (χ1v) is 4.67. The highest BCUT2D eigenvalue weighted by atomic mass is 32.2. The molecule has 1 N–H and O–H groups in total. The van der Waals surface area contributed by atoms with Crippen LogP contribution in [0, 0.1) is 0 Å². The Balaban J connectivity index is 4.38. The summed E-state index contributed by atoms with van der Waals surface area (Å²) in [7, 11) is -1.32. The molecule has 0 aromatic rings. The number of aliphatic hydroxyl groups is 1. The van der Waals surface area contributed by atoms with Crippen molar-refractivity contribution < 1.29 is 22.6 Å². The van der Waals surface area contributed by atoms with Gasteiger partial charge in [0.25, 0.3) is 0 Å². The van der Waals surface area contributed by atoms with E-state index < -0.39 is 22.2 Å². The third kappa shape index (κ3) is 4.31. The predicted octanol–water partition coefficient (Wildman–Crippen LogP) is -1.10. The SMILES string of the molecule is CC(O)[N+](C)(C)CS(=O)(=O)[O-]. The molecule has 0 heterocycles. The normalized spacial score (nSPS) is 16.5. The molecule has 0 saturated heterocycles. The fourth-order valence-corrected chi connectivity index (χ4v) is 1.55. The molecular formula is C5H13NO4S. The van der Waals surface area contributed by atoms with E-state index in [-0.39, 0.29) is 4.48 Å². The van der Waals surface area contributed by atoms with Gasteiger partial charge in [0.2, 0.25) is 0 Å². The van der Waals surface area contributed by atoms with E-state index in [1.165, 1.54) is 21.0 Å². The minimum absolute atomic E-state index is 0.230. The van der Waals surface area contributed by atoms with Gasteiger partial charge in [-0.3, -0.25) is 4.48 Å². The summed E-state index contributed by atoms with van der Waals surface area (Å²) >= 11 is 0. The van der Waals surface area contributed by atoms with Crippen molar-refractivity contribution in [2.45, 2.75) is 13.2 Å². The minimum atomic E-state index is -4.26. The Morgan fingerprint density at radius 2 is 1.91 bits per heavy atom. The lowest BCUT2D eigenvalue weighted by molar-refractivity contribution is -0.924. The summed E-state index contributed by atoms with van der Waals surface area (Å²) in [6.45, 7) is 1.44. The van der Waals surface area contributed by atoms with Crippen molar-refractivity contribution in [3.05, 3.63) is 0 Å². The predicted molar refractivity (Wildman–Crippen MR) is 38.4 cm³/mol. The average Bonchev–Trinajstić information content (AvgIpc) is 1.56. The van der Waals surface area contributed by atoms with E-state index in [2.05, 4.69) is 0 Å². The molecule has 0 amide bonds. The number of nitrogens with zero attached hydrogens (tertiary/aromatic N) is 1. The second-order valence-electron chi connectivity index (χ2n) is 3.10. The molecule has 0 bridgehead atoms. The molecule has 0 spiro atoms. The fraction of sp³-hybridized carbons (Fsp3) is 1.00. The van der Waals surface area contributed by atoms with Crippen molar-refractivity contribution >= 4 is 10.1 Å². The molecule has 6 heteroatoms. The van der Waals surface area contributed by atoms with Gasteiger partial charge in [0, 0.05) is 6.92 Å².